The molecule has 0 amide bonds. The Kier molecular flexibility index (Phi) is 2.84. The van der Waals surface area contributed by atoms with Crippen LogP contribution in [0.5, 0.6) is 5.75 Å². The van der Waals surface area contributed by atoms with E-state index in [-0.39, 0.29) is 11.7 Å². The minimum absolute atomic E-state index is 0.00247. The number of halogens is 1. The maximum absolute atomic E-state index is 13.2. The van der Waals surface area contributed by atoms with Gasteiger partial charge in [0.1, 0.15) is 23.7 Å². The predicted octanol–water partition coefficient (Wildman–Crippen LogP) is 1.87. The third-order valence-electron chi connectivity index (χ3n) is 2.25. The van der Waals surface area contributed by atoms with Gasteiger partial charge in [-0.05, 0) is 12.1 Å². The smallest absolute Gasteiger partial charge is 0.144 e. The van der Waals surface area contributed by atoms with Gasteiger partial charge in [-0.1, -0.05) is 0 Å². The fraction of sp³-hybridized carbons (Fsp3) is 0.364. The van der Waals surface area contributed by atoms with E-state index in [0.717, 1.165) is 6.42 Å². The molecule has 0 aliphatic carbocycles. The van der Waals surface area contributed by atoms with E-state index in [4.69, 9.17) is 14.7 Å². The maximum Gasteiger partial charge on any atom is 0.144 e. The Morgan fingerprint density at radius 3 is 3.00 bits per heavy atom. The molecule has 15 heavy (non-hydrogen) atoms. The van der Waals surface area contributed by atoms with Crippen LogP contribution < -0.4 is 4.74 Å². The molecular weight excluding hydrogens is 197 g/mol. The summed E-state index contributed by atoms with van der Waals surface area (Å²) in [7, 11) is 0. The SMILES string of the molecule is N#Cc1ccc(OC2CCOC2)cc1F. The first kappa shape index (κ1) is 9.94. The summed E-state index contributed by atoms with van der Waals surface area (Å²) >= 11 is 0. The molecule has 1 aliphatic rings. The van der Waals surface area contributed by atoms with Gasteiger partial charge in [0.25, 0.3) is 0 Å². The molecule has 4 heteroatoms. The van der Waals surface area contributed by atoms with Crippen molar-refractivity contribution in [2.75, 3.05) is 13.2 Å². The monoisotopic (exact) mass is 207 g/mol. The van der Waals surface area contributed by atoms with Gasteiger partial charge in [0.2, 0.25) is 0 Å². The van der Waals surface area contributed by atoms with Gasteiger partial charge in [-0.2, -0.15) is 5.26 Å². The van der Waals surface area contributed by atoms with Crippen molar-refractivity contribution in [1.82, 2.24) is 0 Å². The first-order valence-electron chi connectivity index (χ1n) is 4.73. The number of nitriles is 1. The highest BCUT2D eigenvalue weighted by Gasteiger charge is 2.17. The number of benzene rings is 1. The zero-order valence-corrected chi connectivity index (χ0v) is 8.07. The van der Waals surface area contributed by atoms with Gasteiger partial charge >= 0.3 is 0 Å². The molecule has 1 aromatic carbocycles. The van der Waals surface area contributed by atoms with Crippen molar-refractivity contribution in [3.8, 4) is 11.8 Å². The van der Waals surface area contributed by atoms with E-state index >= 15 is 0 Å². The van der Waals surface area contributed by atoms with Gasteiger partial charge < -0.3 is 9.47 Å². The van der Waals surface area contributed by atoms with Crippen molar-refractivity contribution in [2.24, 2.45) is 0 Å². The molecule has 1 unspecified atom stereocenters. The molecule has 0 bridgehead atoms. The number of rotatable bonds is 2. The van der Waals surface area contributed by atoms with Crippen molar-refractivity contribution < 1.29 is 13.9 Å². The van der Waals surface area contributed by atoms with Gasteiger partial charge in [-0.3, -0.25) is 0 Å². The molecule has 1 atom stereocenters. The summed E-state index contributed by atoms with van der Waals surface area (Å²) in [5.74, 6) is -0.101. The number of nitrogens with zero attached hydrogens (tertiary/aromatic N) is 1. The van der Waals surface area contributed by atoms with E-state index in [9.17, 15) is 4.39 Å². The average Bonchev–Trinajstić information content (AvgIpc) is 2.71. The minimum atomic E-state index is -0.547. The Morgan fingerprint density at radius 2 is 2.40 bits per heavy atom. The van der Waals surface area contributed by atoms with E-state index in [1.165, 1.54) is 12.1 Å². The van der Waals surface area contributed by atoms with Crippen LogP contribution in [0, 0.1) is 17.1 Å². The van der Waals surface area contributed by atoms with E-state index in [1.807, 2.05) is 0 Å². The molecular formula is C11H10FNO2. The summed E-state index contributed by atoms with van der Waals surface area (Å²) < 4.78 is 23.8. The third kappa shape index (κ3) is 2.25. The predicted molar refractivity (Wildman–Crippen MR) is 51.0 cm³/mol. The number of hydrogen-bond donors (Lipinski definition) is 0. The second-order valence-corrected chi connectivity index (χ2v) is 3.36. The highest BCUT2D eigenvalue weighted by Crippen LogP contribution is 2.19. The molecule has 0 spiro atoms. The fourth-order valence-electron chi connectivity index (χ4n) is 1.46. The second-order valence-electron chi connectivity index (χ2n) is 3.36. The topological polar surface area (TPSA) is 42.2 Å². The number of ether oxygens (including phenoxy) is 2. The largest absolute Gasteiger partial charge is 0.488 e. The Labute approximate surface area is 87.0 Å². The minimum Gasteiger partial charge on any atom is -0.488 e. The lowest BCUT2D eigenvalue weighted by molar-refractivity contribution is 0.141. The second kappa shape index (κ2) is 4.28. The molecule has 0 N–H and O–H groups in total. The van der Waals surface area contributed by atoms with Gasteiger partial charge in [0, 0.05) is 12.5 Å². The van der Waals surface area contributed by atoms with Crippen LogP contribution in [0.4, 0.5) is 4.39 Å². The molecule has 1 fully saturated rings. The average molecular weight is 207 g/mol. The highest BCUT2D eigenvalue weighted by atomic mass is 19.1. The molecule has 1 heterocycles. The van der Waals surface area contributed by atoms with Crippen molar-refractivity contribution in [3.63, 3.8) is 0 Å². The van der Waals surface area contributed by atoms with Crippen LogP contribution in [-0.4, -0.2) is 19.3 Å². The van der Waals surface area contributed by atoms with E-state index in [1.54, 1.807) is 12.1 Å². The molecule has 1 aromatic rings. The third-order valence-corrected chi connectivity index (χ3v) is 2.25. The molecule has 78 valence electrons. The van der Waals surface area contributed by atoms with Crippen molar-refractivity contribution in [3.05, 3.63) is 29.6 Å². The van der Waals surface area contributed by atoms with Crippen LogP contribution in [-0.2, 0) is 4.74 Å². The molecule has 3 nitrogen and oxygen atoms in total. The van der Waals surface area contributed by atoms with Crippen LogP contribution in [0.3, 0.4) is 0 Å². The quantitative estimate of drug-likeness (QED) is 0.743. The van der Waals surface area contributed by atoms with Crippen LogP contribution in [0.25, 0.3) is 0 Å². The first-order chi connectivity index (χ1) is 7.29. The normalized spacial score (nSPS) is 19.9. The van der Waals surface area contributed by atoms with Gasteiger partial charge in [-0.15, -0.1) is 0 Å². The molecule has 1 saturated heterocycles. The zero-order chi connectivity index (χ0) is 10.7. The van der Waals surface area contributed by atoms with Crippen molar-refractivity contribution in [1.29, 1.82) is 5.26 Å². The summed E-state index contributed by atoms with van der Waals surface area (Å²) in [4.78, 5) is 0. The van der Waals surface area contributed by atoms with Crippen LogP contribution in [0.2, 0.25) is 0 Å². The van der Waals surface area contributed by atoms with Crippen LogP contribution in [0.1, 0.15) is 12.0 Å². The number of hydrogen-bond acceptors (Lipinski definition) is 3. The Bertz CT molecular complexity index is 394. The first-order valence-corrected chi connectivity index (χ1v) is 4.73. The van der Waals surface area contributed by atoms with E-state index in [0.29, 0.717) is 19.0 Å². The Hall–Kier alpha value is -1.60. The molecule has 0 aromatic heterocycles. The summed E-state index contributed by atoms with van der Waals surface area (Å²) in [6.07, 6.45) is 0.819. The summed E-state index contributed by atoms with van der Waals surface area (Å²) in [6.45, 7) is 1.23. The Balaban J connectivity index is 2.09. The highest BCUT2D eigenvalue weighted by molar-refractivity contribution is 5.36. The van der Waals surface area contributed by atoms with E-state index in [2.05, 4.69) is 0 Å². The lowest BCUT2D eigenvalue weighted by Crippen LogP contribution is -2.15. The summed E-state index contributed by atoms with van der Waals surface area (Å²) in [6, 6.07) is 6.01. The van der Waals surface area contributed by atoms with Gasteiger partial charge in [-0.25, -0.2) is 4.39 Å². The Morgan fingerprint density at radius 1 is 1.53 bits per heavy atom. The maximum atomic E-state index is 13.2. The molecule has 0 saturated carbocycles. The summed E-state index contributed by atoms with van der Waals surface area (Å²) in [5, 5.41) is 8.54. The van der Waals surface area contributed by atoms with Crippen LogP contribution >= 0.6 is 0 Å². The van der Waals surface area contributed by atoms with E-state index < -0.39 is 5.82 Å². The lowest BCUT2D eigenvalue weighted by Gasteiger charge is -2.11. The standard InChI is InChI=1S/C11H10FNO2/c12-11-5-9(2-1-8(11)6-13)15-10-3-4-14-7-10/h1-2,5,10H,3-4,7H2. The van der Waals surface area contributed by atoms with Gasteiger partial charge in [0.15, 0.2) is 0 Å². The molecule has 1 aliphatic heterocycles. The zero-order valence-electron chi connectivity index (χ0n) is 8.07. The van der Waals surface area contributed by atoms with Gasteiger partial charge in [0.05, 0.1) is 18.8 Å². The molecule has 2 rings (SSSR count). The van der Waals surface area contributed by atoms with Crippen molar-refractivity contribution >= 4 is 0 Å². The summed E-state index contributed by atoms with van der Waals surface area (Å²) in [5.41, 5.74) is 0.0324. The lowest BCUT2D eigenvalue weighted by atomic mass is 10.2. The van der Waals surface area contributed by atoms with Crippen LogP contribution in [0.15, 0.2) is 18.2 Å². The van der Waals surface area contributed by atoms with Crippen molar-refractivity contribution in [2.45, 2.75) is 12.5 Å². The molecule has 0 radical (unpaired) electrons. The fourth-order valence-corrected chi connectivity index (χ4v) is 1.46.